The molecule has 2 fully saturated rings. The standard InChI is InChI=1S/C22H28N4OS/c27-21(25-15-22(16-25)9-11-28-12-10-22)24-19-7-4-8-20-18(19)13-23-26(20)14-17-5-2-1-3-6-17/h1-3,5-6,13,19H,4,7-12,14-16H2,(H,24,27). The fourth-order valence-electron chi connectivity index (χ4n) is 4.93. The van der Waals surface area contributed by atoms with Crippen molar-refractivity contribution in [3.8, 4) is 0 Å². The predicted molar refractivity (Wildman–Crippen MR) is 113 cm³/mol. The molecule has 28 heavy (non-hydrogen) atoms. The lowest BCUT2D eigenvalue weighted by molar-refractivity contribution is 0.0232. The van der Waals surface area contributed by atoms with Crippen LogP contribution >= 0.6 is 11.8 Å². The molecule has 6 heteroatoms. The molecule has 2 amide bonds. The molecule has 3 aliphatic rings. The van der Waals surface area contributed by atoms with Crippen molar-refractivity contribution in [1.29, 1.82) is 0 Å². The predicted octanol–water partition coefficient (Wildman–Crippen LogP) is 3.85. The molecular weight excluding hydrogens is 368 g/mol. The summed E-state index contributed by atoms with van der Waals surface area (Å²) in [5.74, 6) is 2.50. The van der Waals surface area contributed by atoms with Crippen molar-refractivity contribution in [1.82, 2.24) is 20.0 Å². The van der Waals surface area contributed by atoms with Crippen LogP contribution in [0.5, 0.6) is 0 Å². The minimum absolute atomic E-state index is 0.0965. The van der Waals surface area contributed by atoms with Crippen molar-refractivity contribution >= 4 is 17.8 Å². The molecule has 2 aliphatic heterocycles. The smallest absolute Gasteiger partial charge is 0.317 e. The van der Waals surface area contributed by atoms with Crippen LogP contribution in [-0.4, -0.2) is 45.3 Å². The number of urea groups is 1. The molecule has 0 saturated carbocycles. The zero-order chi connectivity index (χ0) is 19.0. The summed E-state index contributed by atoms with van der Waals surface area (Å²) < 4.78 is 2.11. The molecule has 1 N–H and O–H groups in total. The highest BCUT2D eigenvalue weighted by Gasteiger charge is 2.46. The summed E-state index contributed by atoms with van der Waals surface area (Å²) in [5, 5.41) is 7.95. The molecule has 1 spiro atoms. The van der Waals surface area contributed by atoms with Gasteiger partial charge in [-0.25, -0.2) is 4.79 Å². The third kappa shape index (κ3) is 3.43. The van der Waals surface area contributed by atoms with Gasteiger partial charge in [0.05, 0.1) is 18.8 Å². The van der Waals surface area contributed by atoms with Gasteiger partial charge in [0.1, 0.15) is 0 Å². The molecular formula is C22H28N4OS. The highest BCUT2D eigenvalue weighted by atomic mass is 32.2. The van der Waals surface area contributed by atoms with Gasteiger partial charge in [-0.15, -0.1) is 0 Å². The van der Waals surface area contributed by atoms with Gasteiger partial charge in [-0.1, -0.05) is 30.3 Å². The molecule has 5 nitrogen and oxygen atoms in total. The number of fused-ring (bicyclic) bond motifs is 1. The summed E-state index contributed by atoms with van der Waals surface area (Å²) in [6, 6.07) is 10.7. The number of hydrogen-bond acceptors (Lipinski definition) is 3. The van der Waals surface area contributed by atoms with E-state index in [4.69, 9.17) is 0 Å². The molecule has 0 radical (unpaired) electrons. The SMILES string of the molecule is O=C(NC1CCCc2c1cnn2Cc1ccccc1)N1CC2(CCSCC2)C1. The average molecular weight is 397 g/mol. The van der Waals surface area contributed by atoms with Gasteiger partial charge < -0.3 is 10.2 Å². The van der Waals surface area contributed by atoms with E-state index in [1.807, 2.05) is 17.2 Å². The molecule has 1 unspecified atom stereocenters. The first-order valence-corrected chi connectivity index (χ1v) is 11.6. The van der Waals surface area contributed by atoms with E-state index in [2.05, 4.69) is 51.1 Å². The van der Waals surface area contributed by atoms with Crippen LogP contribution in [0.2, 0.25) is 0 Å². The molecule has 1 atom stereocenters. The molecule has 2 aromatic rings. The lowest BCUT2D eigenvalue weighted by atomic mass is 9.75. The number of thioether (sulfide) groups is 1. The molecule has 2 saturated heterocycles. The topological polar surface area (TPSA) is 50.2 Å². The summed E-state index contributed by atoms with van der Waals surface area (Å²) >= 11 is 2.05. The van der Waals surface area contributed by atoms with Crippen molar-refractivity contribution in [2.45, 2.75) is 44.7 Å². The minimum atomic E-state index is 0.0965. The van der Waals surface area contributed by atoms with Gasteiger partial charge in [0.15, 0.2) is 0 Å². The van der Waals surface area contributed by atoms with Gasteiger partial charge in [0, 0.05) is 29.8 Å². The van der Waals surface area contributed by atoms with Crippen molar-refractivity contribution < 1.29 is 4.79 Å². The number of rotatable bonds is 3. The van der Waals surface area contributed by atoms with Crippen molar-refractivity contribution in [3.05, 3.63) is 53.3 Å². The van der Waals surface area contributed by atoms with E-state index in [0.717, 1.165) is 38.9 Å². The Morgan fingerprint density at radius 3 is 2.79 bits per heavy atom. The van der Waals surface area contributed by atoms with Crippen LogP contribution in [0, 0.1) is 5.41 Å². The largest absolute Gasteiger partial charge is 0.331 e. The van der Waals surface area contributed by atoms with Crippen LogP contribution < -0.4 is 5.32 Å². The van der Waals surface area contributed by atoms with Crippen LogP contribution in [0.15, 0.2) is 36.5 Å². The zero-order valence-electron chi connectivity index (χ0n) is 16.3. The van der Waals surface area contributed by atoms with Crippen molar-refractivity contribution in [3.63, 3.8) is 0 Å². The highest BCUT2D eigenvalue weighted by molar-refractivity contribution is 7.99. The third-order valence-electron chi connectivity index (χ3n) is 6.63. The molecule has 148 valence electrons. The molecule has 3 heterocycles. The van der Waals surface area contributed by atoms with E-state index in [9.17, 15) is 4.79 Å². The maximum atomic E-state index is 12.8. The number of nitrogens with one attached hydrogen (secondary N) is 1. The van der Waals surface area contributed by atoms with Crippen LogP contribution in [-0.2, 0) is 13.0 Å². The monoisotopic (exact) mass is 396 g/mol. The first-order chi connectivity index (χ1) is 13.7. The summed E-state index contributed by atoms with van der Waals surface area (Å²) in [6.45, 7) is 2.67. The fraction of sp³-hybridized carbons (Fsp3) is 0.545. The Labute approximate surface area is 170 Å². The van der Waals surface area contributed by atoms with E-state index in [1.54, 1.807) is 0 Å². The Balaban J connectivity index is 1.24. The van der Waals surface area contributed by atoms with E-state index < -0.39 is 0 Å². The molecule has 1 aromatic carbocycles. The summed E-state index contributed by atoms with van der Waals surface area (Å²) in [4.78, 5) is 14.8. The van der Waals surface area contributed by atoms with Crippen molar-refractivity contribution in [2.75, 3.05) is 24.6 Å². The number of hydrogen-bond donors (Lipinski definition) is 1. The second-order valence-electron chi connectivity index (χ2n) is 8.55. The second-order valence-corrected chi connectivity index (χ2v) is 9.78. The molecule has 0 bridgehead atoms. The Morgan fingerprint density at radius 2 is 2.00 bits per heavy atom. The van der Waals surface area contributed by atoms with Gasteiger partial charge >= 0.3 is 6.03 Å². The molecule has 5 rings (SSSR count). The minimum Gasteiger partial charge on any atom is -0.331 e. The normalized spacial score (nSPS) is 23.1. The van der Waals surface area contributed by atoms with Gasteiger partial charge in [0.25, 0.3) is 0 Å². The highest BCUT2D eigenvalue weighted by Crippen LogP contribution is 2.43. The number of nitrogens with zero attached hydrogens (tertiary/aromatic N) is 3. The first-order valence-electron chi connectivity index (χ1n) is 10.4. The lowest BCUT2D eigenvalue weighted by Gasteiger charge is -2.52. The van der Waals surface area contributed by atoms with E-state index in [1.165, 1.54) is 41.2 Å². The number of amides is 2. The third-order valence-corrected chi connectivity index (χ3v) is 7.61. The zero-order valence-corrected chi connectivity index (χ0v) is 17.1. The molecule has 1 aromatic heterocycles. The van der Waals surface area contributed by atoms with Gasteiger partial charge in [0.2, 0.25) is 0 Å². The van der Waals surface area contributed by atoms with Crippen LogP contribution in [0.4, 0.5) is 4.79 Å². The van der Waals surface area contributed by atoms with E-state index >= 15 is 0 Å². The van der Waals surface area contributed by atoms with Crippen LogP contribution in [0.1, 0.15) is 48.5 Å². The number of carbonyl (C=O) groups excluding carboxylic acids is 1. The number of likely N-dealkylation sites (tertiary alicyclic amines) is 1. The van der Waals surface area contributed by atoms with Gasteiger partial charge in [-0.05, 0) is 49.2 Å². The van der Waals surface area contributed by atoms with Crippen LogP contribution in [0.25, 0.3) is 0 Å². The van der Waals surface area contributed by atoms with E-state index in [0.29, 0.717) is 5.41 Å². The summed E-state index contributed by atoms with van der Waals surface area (Å²) in [6.07, 6.45) is 7.64. The Kier molecular flexibility index (Phi) is 4.83. The number of carbonyl (C=O) groups is 1. The fourth-order valence-corrected chi connectivity index (χ4v) is 6.29. The summed E-state index contributed by atoms with van der Waals surface area (Å²) in [7, 11) is 0. The maximum Gasteiger partial charge on any atom is 0.317 e. The van der Waals surface area contributed by atoms with Crippen LogP contribution in [0.3, 0.4) is 0 Å². The number of benzene rings is 1. The Bertz CT molecular complexity index is 835. The molecule has 1 aliphatic carbocycles. The summed E-state index contributed by atoms with van der Waals surface area (Å²) in [5.41, 5.74) is 4.17. The Morgan fingerprint density at radius 1 is 1.21 bits per heavy atom. The maximum absolute atomic E-state index is 12.8. The first kappa shape index (κ1) is 18.1. The quantitative estimate of drug-likeness (QED) is 0.857. The number of aromatic nitrogens is 2. The van der Waals surface area contributed by atoms with Gasteiger partial charge in [-0.2, -0.15) is 16.9 Å². The second kappa shape index (κ2) is 7.47. The average Bonchev–Trinajstić information content (AvgIpc) is 3.11. The van der Waals surface area contributed by atoms with Crippen molar-refractivity contribution in [2.24, 2.45) is 5.41 Å². The van der Waals surface area contributed by atoms with Gasteiger partial charge in [-0.3, -0.25) is 4.68 Å². The lowest BCUT2D eigenvalue weighted by Crippen LogP contribution is -2.62. The Hall–Kier alpha value is -1.95. The van der Waals surface area contributed by atoms with E-state index in [-0.39, 0.29) is 12.1 Å².